The van der Waals surface area contributed by atoms with Gasteiger partial charge >= 0.3 is 0 Å². The van der Waals surface area contributed by atoms with Crippen molar-refractivity contribution >= 4 is 28.3 Å². The van der Waals surface area contributed by atoms with E-state index in [4.69, 9.17) is 16.9 Å². The predicted octanol–water partition coefficient (Wildman–Crippen LogP) is 2.35. The molecule has 0 aliphatic heterocycles. The van der Waals surface area contributed by atoms with Crippen LogP contribution in [0, 0.1) is 11.3 Å². The third-order valence-electron chi connectivity index (χ3n) is 2.77. The summed E-state index contributed by atoms with van der Waals surface area (Å²) in [5, 5.41) is 9.10. The van der Waals surface area contributed by atoms with Gasteiger partial charge in [-0.1, -0.05) is 23.7 Å². The minimum Gasteiger partial charge on any atom is -0.345 e. The summed E-state index contributed by atoms with van der Waals surface area (Å²) in [7, 11) is 0.579. The van der Waals surface area contributed by atoms with E-state index in [1.165, 1.54) is 4.90 Å². The van der Waals surface area contributed by atoms with E-state index in [0.717, 1.165) is 5.56 Å². The van der Waals surface area contributed by atoms with Crippen LogP contribution in [0.15, 0.2) is 24.3 Å². The minimum atomic E-state index is -1.08. The number of amides is 1. The number of benzene rings is 1. The fraction of sp³-hybridized carbons (Fsp3) is 0.429. The van der Waals surface area contributed by atoms with Crippen molar-refractivity contribution in [2.24, 2.45) is 0 Å². The molecule has 0 aliphatic rings. The maximum atomic E-state index is 11.9. The van der Waals surface area contributed by atoms with Gasteiger partial charge in [-0.15, -0.1) is 0 Å². The van der Waals surface area contributed by atoms with Crippen molar-refractivity contribution in [1.29, 1.82) is 5.26 Å². The zero-order valence-electron chi connectivity index (χ0n) is 11.3. The van der Waals surface area contributed by atoms with Crippen LogP contribution in [0.1, 0.15) is 18.4 Å². The van der Waals surface area contributed by atoms with Gasteiger partial charge < -0.3 is 4.90 Å². The SMILES string of the molecule is CN(CCC#N)C(=O)CCS(=O)Cc1ccc(Cl)cc1. The highest BCUT2D eigenvalue weighted by Crippen LogP contribution is 2.11. The highest BCUT2D eigenvalue weighted by Gasteiger charge is 2.10. The molecule has 20 heavy (non-hydrogen) atoms. The van der Waals surface area contributed by atoms with Crippen molar-refractivity contribution in [1.82, 2.24) is 4.90 Å². The highest BCUT2D eigenvalue weighted by atomic mass is 35.5. The Hall–Kier alpha value is -1.38. The highest BCUT2D eigenvalue weighted by molar-refractivity contribution is 7.84. The molecule has 4 nitrogen and oxygen atoms in total. The number of hydrogen-bond donors (Lipinski definition) is 0. The molecule has 0 saturated heterocycles. The Bertz CT molecular complexity index is 511. The van der Waals surface area contributed by atoms with Crippen LogP contribution in [0.4, 0.5) is 0 Å². The molecule has 1 unspecified atom stereocenters. The van der Waals surface area contributed by atoms with Crippen LogP contribution in [-0.2, 0) is 21.3 Å². The van der Waals surface area contributed by atoms with Gasteiger partial charge in [0.1, 0.15) is 0 Å². The standard InChI is InChI=1S/C14H17ClN2O2S/c1-17(9-2-8-16)14(18)7-10-20(19)11-12-3-5-13(15)6-4-12/h3-6H,2,7,9-11H2,1H3. The monoisotopic (exact) mass is 312 g/mol. The summed E-state index contributed by atoms with van der Waals surface area (Å²) >= 11 is 5.78. The largest absolute Gasteiger partial charge is 0.345 e. The van der Waals surface area contributed by atoms with Gasteiger partial charge in [-0.3, -0.25) is 9.00 Å². The number of rotatable bonds is 7. The van der Waals surface area contributed by atoms with Crippen molar-refractivity contribution in [3.05, 3.63) is 34.9 Å². The molecule has 0 aliphatic carbocycles. The lowest BCUT2D eigenvalue weighted by molar-refractivity contribution is -0.129. The van der Waals surface area contributed by atoms with E-state index in [0.29, 0.717) is 29.5 Å². The fourth-order valence-electron chi connectivity index (χ4n) is 1.57. The Labute approximate surface area is 126 Å². The molecule has 0 fully saturated rings. The molecule has 0 spiro atoms. The Morgan fingerprint density at radius 3 is 2.65 bits per heavy atom. The van der Waals surface area contributed by atoms with E-state index in [2.05, 4.69) is 0 Å². The van der Waals surface area contributed by atoms with Crippen LogP contribution in [0.3, 0.4) is 0 Å². The lowest BCUT2D eigenvalue weighted by Gasteiger charge is -2.15. The number of nitriles is 1. The maximum Gasteiger partial charge on any atom is 0.223 e. The molecule has 108 valence electrons. The van der Waals surface area contributed by atoms with Crippen molar-refractivity contribution in [2.75, 3.05) is 19.3 Å². The Kier molecular flexibility index (Phi) is 7.27. The molecule has 1 aromatic carbocycles. The van der Waals surface area contributed by atoms with Crippen LogP contribution < -0.4 is 0 Å². The van der Waals surface area contributed by atoms with E-state index in [1.54, 1.807) is 19.2 Å². The molecule has 0 aromatic heterocycles. The van der Waals surface area contributed by atoms with E-state index in [-0.39, 0.29) is 12.3 Å². The summed E-state index contributed by atoms with van der Waals surface area (Å²) in [6, 6.07) is 9.18. The second kappa shape index (κ2) is 8.72. The summed E-state index contributed by atoms with van der Waals surface area (Å²) < 4.78 is 11.9. The Morgan fingerprint density at radius 2 is 2.05 bits per heavy atom. The normalized spacial score (nSPS) is 11.7. The summed E-state index contributed by atoms with van der Waals surface area (Å²) in [6.07, 6.45) is 0.554. The van der Waals surface area contributed by atoms with Gasteiger partial charge in [-0.05, 0) is 17.7 Å². The number of hydrogen-bond acceptors (Lipinski definition) is 3. The van der Waals surface area contributed by atoms with Gasteiger partial charge in [0.15, 0.2) is 0 Å². The van der Waals surface area contributed by atoms with Gasteiger partial charge in [0.2, 0.25) is 5.91 Å². The molecule has 1 atom stereocenters. The number of carbonyl (C=O) groups is 1. The van der Waals surface area contributed by atoms with Crippen LogP contribution in [-0.4, -0.2) is 34.4 Å². The molecular weight excluding hydrogens is 296 g/mol. The van der Waals surface area contributed by atoms with E-state index < -0.39 is 10.8 Å². The van der Waals surface area contributed by atoms with Gasteiger partial charge in [0.25, 0.3) is 0 Å². The van der Waals surface area contributed by atoms with Crippen LogP contribution in [0.2, 0.25) is 5.02 Å². The minimum absolute atomic E-state index is 0.0790. The fourth-order valence-corrected chi connectivity index (χ4v) is 2.81. The number of nitrogens with zero attached hydrogens (tertiary/aromatic N) is 2. The summed E-state index contributed by atoms with van der Waals surface area (Å²) in [4.78, 5) is 13.2. The average molecular weight is 313 g/mol. The van der Waals surface area contributed by atoms with Crippen molar-refractivity contribution in [3.63, 3.8) is 0 Å². The quantitative estimate of drug-likeness (QED) is 0.776. The second-order valence-corrected chi connectivity index (χ2v) is 6.40. The van der Waals surface area contributed by atoms with Gasteiger partial charge in [-0.2, -0.15) is 5.26 Å². The maximum absolute atomic E-state index is 11.9. The average Bonchev–Trinajstić information content (AvgIpc) is 2.44. The lowest BCUT2D eigenvalue weighted by atomic mass is 10.2. The Balaban J connectivity index is 2.34. The first-order chi connectivity index (χ1) is 9.52. The number of halogens is 1. The van der Waals surface area contributed by atoms with Crippen LogP contribution >= 0.6 is 11.6 Å². The Morgan fingerprint density at radius 1 is 1.40 bits per heavy atom. The zero-order valence-corrected chi connectivity index (χ0v) is 12.9. The van der Waals surface area contributed by atoms with E-state index >= 15 is 0 Å². The van der Waals surface area contributed by atoms with Gasteiger partial charge in [-0.25, -0.2) is 0 Å². The van der Waals surface area contributed by atoms with Crippen LogP contribution in [0.25, 0.3) is 0 Å². The third-order valence-corrected chi connectivity index (χ3v) is 4.34. The molecule has 1 rings (SSSR count). The summed E-state index contributed by atoms with van der Waals surface area (Å²) in [5.74, 6) is 0.676. The van der Waals surface area contributed by atoms with E-state index in [9.17, 15) is 9.00 Å². The third kappa shape index (κ3) is 6.18. The first kappa shape index (κ1) is 16.7. The first-order valence-electron chi connectivity index (χ1n) is 6.23. The van der Waals surface area contributed by atoms with Gasteiger partial charge in [0.05, 0.1) is 12.5 Å². The predicted molar refractivity (Wildman–Crippen MR) is 80.6 cm³/mol. The molecule has 0 saturated carbocycles. The molecule has 0 bridgehead atoms. The molecular formula is C14H17ClN2O2S. The van der Waals surface area contributed by atoms with Crippen molar-refractivity contribution < 1.29 is 9.00 Å². The molecule has 1 aromatic rings. The first-order valence-corrected chi connectivity index (χ1v) is 8.10. The molecule has 0 heterocycles. The molecule has 0 radical (unpaired) electrons. The van der Waals surface area contributed by atoms with Gasteiger partial charge in [0, 0.05) is 47.3 Å². The van der Waals surface area contributed by atoms with Crippen molar-refractivity contribution in [2.45, 2.75) is 18.6 Å². The van der Waals surface area contributed by atoms with E-state index in [1.807, 2.05) is 18.2 Å². The smallest absolute Gasteiger partial charge is 0.223 e. The van der Waals surface area contributed by atoms with Crippen LogP contribution in [0.5, 0.6) is 0 Å². The summed E-state index contributed by atoms with van der Waals surface area (Å²) in [6.45, 7) is 0.416. The van der Waals surface area contributed by atoms with Crippen molar-refractivity contribution in [3.8, 4) is 6.07 Å². The molecule has 1 amide bonds. The molecule has 6 heteroatoms. The molecule has 0 N–H and O–H groups in total. The zero-order chi connectivity index (χ0) is 15.0. The topological polar surface area (TPSA) is 61.2 Å². The number of carbonyl (C=O) groups excluding carboxylic acids is 1. The summed E-state index contributed by atoms with van der Waals surface area (Å²) in [5.41, 5.74) is 0.943. The second-order valence-electron chi connectivity index (χ2n) is 4.39. The lowest BCUT2D eigenvalue weighted by Crippen LogP contribution is -2.28.